The highest BCUT2D eigenvalue weighted by atomic mass is 16.8. The predicted octanol–water partition coefficient (Wildman–Crippen LogP) is 0.155. The van der Waals surface area contributed by atoms with Crippen molar-refractivity contribution in [2.45, 2.75) is 68.6 Å². The van der Waals surface area contributed by atoms with Crippen LogP contribution in [-0.2, 0) is 18.9 Å². The molecule has 3 rings (SSSR count). The monoisotopic (exact) mass is 274 g/mol. The molecule has 5 unspecified atom stereocenters. The normalized spacial score (nSPS) is 45.3. The van der Waals surface area contributed by atoms with Gasteiger partial charge in [0.15, 0.2) is 12.1 Å². The summed E-state index contributed by atoms with van der Waals surface area (Å²) >= 11 is 0. The van der Waals surface area contributed by atoms with E-state index in [1.54, 1.807) is 0 Å². The van der Waals surface area contributed by atoms with Crippen LogP contribution in [0.1, 0.15) is 32.1 Å². The second-order valence-electron chi connectivity index (χ2n) is 5.59. The zero-order valence-electron chi connectivity index (χ0n) is 11.2. The van der Waals surface area contributed by atoms with Crippen LogP contribution < -0.4 is 0 Å². The molecule has 3 aliphatic rings. The number of hydrogen-bond donors (Lipinski definition) is 2. The summed E-state index contributed by atoms with van der Waals surface area (Å²) in [5.41, 5.74) is 0. The number of fused-ring (bicyclic) bond motifs is 1. The fourth-order valence-electron chi connectivity index (χ4n) is 3.36. The molecule has 0 aromatic rings. The van der Waals surface area contributed by atoms with Crippen molar-refractivity contribution in [2.24, 2.45) is 0 Å². The third-order valence-corrected chi connectivity index (χ3v) is 4.34. The molecule has 1 aliphatic carbocycles. The highest BCUT2D eigenvalue weighted by molar-refractivity contribution is 4.98. The fourth-order valence-corrected chi connectivity index (χ4v) is 3.36. The van der Waals surface area contributed by atoms with Gasteiger partial charge in [-0.25, -0.2) is 0 Å². The molecule has 2 N–H and O–H groups in total. The second kappa shape index (κ2) is 5.27. The summed E-state index contributed by atoms with van der Waals surface area (Å²) in [7, 11) is 1.47. The van der Waals surface area contributed by atoms with E-state index < -0.39 is 36.5 Å². The van der Waals surface area contributed by atoms with E-state index in [-0.39, 0.29) is 6.61 Å². The lowest BCUT2D eigenvalue weighted by Crippen LogP contribution is -2.57. The van der Waals surface area contributed by atoms with Crippen LogP contribution in [0.3, 0.4) is 0 Å². The third kappa shape index (κ3) is 2.30. The number of methoxy groups -OCH3 is 1. The van der Waals surface area contributed by atoms with Crippen LogP contribution in [-0.4, -0.2) is 60.4 Å². The molecule has 110 valence electrons. The first kappa shape index (κ1) is 13.7. The molecule has 19 heavy (non-hydrogen) atoms. The Balaban J connectivity index is 1.79. The molecule has 2 heterocycles. The van der Waals surface area contributed by atoms with Crippen LogP contribution in [0.2, 0.25) is 0 Å². The van der Waals surface area contributed by atoms with Gasteiger partial charge in [0.1, 0.15) is 24.4 Å². The summed E-state index contributed by atoms with van der Waals surface area (Å²) in [6, 6.07) is 0. The fraction of sp³-hybridized carbons (Fsp3) is 1.00. The van der Waals surface area contributed by atoms with Crippen molar-refractivity contribution in [1.82, 2.24) is 0 Å². The molecule has 1 spiro atoms. The average Bonchev–Trinajstić information content (AvgIpc) is 2.80. The predicted molar refractivity (Wildman–Crippen MR) is 64.3 cm³/mol. The second-order valence-corrected chi connectivity index (χ2v) is 5.59. The Labute approximate surface area is 112 Å². The summed E-state index contributed by atoms with van der Waals surface area (Å²) < 4.78 is 22.7. The minimum Gasteiger partial charge on any atom is -0.394 e. The number of rotatable bonds is 2. The van der Waals surface area contributed by atoms with Crippen molar-refractivity contribution in [3.8, 4) is 0 Å². The van der Waals surface area contributed by atoms with E-state index in [0.717, 1.165) is 25.7 Å². The van der Waals surface area contributed by atoms with E-state index in [0.29, 0.717) is 0 Å². The number of aliphatic hydroxyl groups is 2. The Morgan fingerprint density at radius 3 is 2.47 bits per heavy atom. The van der Waals surface area contributed by atoms with Gasteiger partial charge in [-0.2, -0.15) is 0 Å². The molecule has 6 heteroatoms. The lowest BCUT2D eigenvalue weighted by atomic mass is 9.94. The number of ether oxygens (including phenoxy) is 4. The Hall–Kier alpha value is -0.240. The summed E-state index contributed by atoms with van der Waals surface area (Å²) in [4.78, 5) is 0. The Morgan fingerprint density at radius 2 is 1.84 bits per heavy atom. The van der Waals surface area contributed by atoms with Crippen LogP contribution in [0.25, 0.3) is 0 Å². The average molecular weight is 274 g/mol. The van der Waals surface area contributed by atoms with E-state index in [4.69, 9.17) is 18.9 Å². The standard InChI is InChI=1S/C13H22O6/c1-16-12-9(15)11-10(8(7-14)17-12)18-13(19-11)5-3-2-4-6-13/h8-12,14-15H,2-7H2,1H3. The SMILES string of the molecule is COC1OC(CO)C2OC3(CCCCC3)OC2C1O. The molecule has 5 atom stereocenters. The molecule has 0 radical (unpaired) electrons. The summed E-state index contributed by atoms with van der Waals surface area (Å²) in [6.07, 6.45) is 1.89. The van der Waals surface area contributed by atoms with Gasteiger partial charge >= 0.3 is 0 Å². The summed E-state index contributed by atoms with van der Waals surface area (Å²) in [6.45, 7) is -0.173. The van der Waals surface area contributed by atoms with E-state index in [2.05, 4.69) is 0 Å². The molecule has 1 saturated carbocycles. The maximum Gasteiger partial charge on any atom is 0.186 e. The van der Waals surface area contributed by atoms with E-state index in [1.165, 1.54) is 13.5 Å². The highest BCUT2D eigenvalue weighted by Gasteiger charge is 2.57. The van der Waals surface area contributed by atoms with Gasteiger partial charge in [0.2, 0.25) is 0 Å². The van der Waals surface area contributed by atoms with Gasteiger partial charge in [-0.05, 0) is 12.8 Å². The Kier molecular flexibility index (Phi) is 3.81. The number of hydrogen-bond acceptors (Lipinski definition) is 6. The minimum absolute atomic E-state index is 0.173. The quantitative estimate of drug-likeness (QED) is 0.746. The lowest BCUT2D eigenvalue weighted by Gasteiger charge is -2.38. The van der Waals surface area contributed by atoms with Crippen LogP contribution in [0.15, 0.2) is 0 Å². The zero-order valence-corrected chi connectivity index (χ0v) is 11.2. The summed E-state index contributed by atoms with van der Waals surface area (Å²) in [5.74, 6) is -0.603. The molecule has 0 aromatic heterocycles. The van der Waals surface area contributed by atoms with Crippen molar-refractivity contribution in [3.63, 3.8) is 0 Å². The molecular formula is C13H22O6. The van der Waals surface area contributed by atoms with Gasteiger partial charge in [-0.15, -0.1) is 0 Å². The van der Waals surface area contributed by atoms with E-state index >= 15 is 0 Å². The molecule has 0 bridgehead atoms. The molecular weight excluding hydrogens is 252 g/mol. The van der Waals surface area contributed by atoms with Crippen molar-refractivity contribution in [3.05, 3.63) is 0 Å². The largest absolute Gasteiger partial charge is 0.394 e. The van der Waals surface area contributed by atoms with Crippen LogP contribution in [0, 0.1) is 0 Å². The van der Waals surface area contributed by atoms with Crippen LogP contribution in [0.4, 0.5) is 0 Å². The van der Waals surface area contributed by atoms with Crippen molar-refractivity contribution in [1.29, 1.82) is 0 Å². The van der Waals surface area contributed by atoms with Gasteiger partial charge in [0, 0.05) is 20.0 Å². The van der Waals surface area contributed by atoms with Crippen LogP contribution in [0.5, 0.6) is 0 Å². The van der Waals surface area contributed by atoms with Gasteiger partial charge in [0.25, 0.3) is 0 Å². The maximum atomic E-state index is 10.2. The summed E-state index contributed by atoms with van der Waals surface area (Å²) in [5, 5.41) is 19.7. The molecule has 2 aliphatic heterocycles. The minimum atomic E-state index is -0.890. The van der Waals surface area contributed by atoms with E-state index in [9.17, 15) is 10.2 Å². The van der Waals surface area contributed by atoms with Gasteiger partial charge in [-0.1, -0.05) is 6.42 Å². The van der Waals surface area contributed by atoms with Crippen molar-refractivity contribution < 1.29 is 29.2 Å². The van der Waals surface area contributed by atoms with Crippen molar-refractivity contribution in [2.75, 3.05) is 13.7 Å². The van der Waals surface area contributed by atoms with Crippen LogP contribution >= 0.6 is 0 Å². The highest BCUT2D eigenvalue weighted by Crippen LogP contribution is 2.44. The first-order valence-electron chi connectivity index (χ1n) is 7.02. The molecule has 6 nitrogen and oxygen atoms in total. The number of aliphatic hydroxyl groups excluding tert-OH is 2. The topological polar surface area (TPSA) is 77.4 Å². The Bertz CT molecular complexity index is 316. The molecule has 3 fully saturated rings. The molecule has 2 saturated heterocycles. The smallest absolute Gasteiger partial charge is 0.186 e. The van der Waals surface area contributed by atoms with E-state index in [1.807, 2.05) is 0 Å². The van der Waals surface area contributed by atoms with Gasteiger partial charge in [-0.3, -0.25) is 0 Å². The lowest BCUT2D eigenvalue weighted by molar-refractivity contribution is -0.274. The van der Waals surface area contributed by atoms with Gasteiger partial charge < -0.3 is 29.2 Å². The van der Waals surface area contributed by atoms with Gasteiger partial charge in [0.05, 0.1) is 6.61 Å². The molecule has 0 aromatic carbocycles. The molecule has 0 amide bonds. The Morgan fingerprint density at radius 1 is 1.16 bits per heavy atom. The van der Waals surface area contributed by atoms with Crippen molar-refractivity contribution >= 4 is 0 Å². The first-order valence-corrected chi connectivity index (χ1v) is 7.02. The zero-order chi connectivity index (χ0) is 13.5. The first-order chi connectivity index (χ1) is 9.19. The maximum absolute atomic E-state index is 10.2. The third-order valence-electron chi connectivity index (χ3n) is 4.34.